The Bertz CT molecular complexity index is 380. The molecular weight excluding hydrogens is 244 g/mol. The molecule has 112 valence electrons. The molecule has 1 aliphatic heterocycles. The van der Waals surface area contributed by atoms with Crippen LogP contribution in [0.1, 0.15) is 39.2 Å². The summed E-state index contributed by atoms with van der Waals surface area (Å²) in [5, 5.41) is 3.56. The van der Waals surface area contributed by atoms with Gasteiger partial charge in [0.15, 0.2) is 0 Å². The predicted octanol–water partition coefficient (Wildman–Crippen LogP) is 3.53. The minimum atomic E-state index is 0.387. The second-order valence-electron chi connectivity index (χ2n) is 6.82. The van der Waals surface area contributed by atoms with Gasteiger partial charge in [0.05, 0.1) is 0 Å². The van der Waals surface area contributed by atoms with Gasteiger partial charge in [-0.25, -0.2) is 0 Å². The van der Waals surface area contributed by atoms with Gasteiger partial charge in [0, 0.05) is 13.1 Å². The molecule has 1 unspecified atom stereocenters. The fourth-order valence-corrected chi connectivity index (χ4v) is 3.35. The van der Waals surface area contributed by atoms with E-state index in [2.05, 4.69) is 61.3 Å². The standard InChI is InChI=1S/C18H30N2/c1-4-20(14-16-9-6-5-7-10-16)15-18(2,3)17-11-8-12-19-13-17/h5-7,9-10,17,19H,4,8,11-15H2,1-3H3. The topological polar surface area (TPSA) is 15.3 Å². The molecule has 1 heterocycles. The summed E-state index contributed by atoms with van der Waals surface area (Å²) in [6.45, 7) is 12.9. The fourth-order valence-electron chi connectivity index (χ4n) is 3.35. The van der Waals surface area contributed by atoms with Crippen molar-refractivity contribution >= 4 is 0 Å². The molecule has 0 aromatic heterocycles. The molecule has 2 nitrogen and oxygen atoms in total. The molecule has 2 rings (SSSR count). The third-order valence-electron chi connectivity index (χ3n) is 4.73. The lowest BCUT2D eigenvalue weighted by Crippen LogP contribution is -2.44. The third-order valence-corrected chi connectivity index (χ3v) is 4.73. The minimum absolute atomic E-state index is 0.387. The second kappa shape index (κ2) is 7.24. The number of rotatable bonds is 6. The highest BCUT2D eigenvalue weighted by molar-refractivity contribution is 5.14. The monoisotopic (exact) mass is 274 g/mol. The van der Waals surface area contributed by atoms with Crippen molar-refractivity contribution in [2.24, 2.45) is 11.3 Å². The van der Waals surface area contributed by atoms with Gasteiger partial charge < -0.3 is 5.32 Å². The normalized spacial score (nSPS) is 20.3. The Labute approximate surface area is 124 Å². The van der Waals surface area contributed by atoms with Gasteiger partial charge in [-0.3, -0.25) is 4.90 Å². The van der Waals surface area contributed by atoms with Gasteiger partial charge in [-0.15, -0.1) is 0 Å². The maximum atomic E-state index is 3.56. The zero-order chi connectivity index (χ0) is 14.4. The first-order valence-corrected chi connectivity index (χ1v) is 8.09. The zero-order valence-corrected chi connectivity index (χ0v) is 13.4. The molecule has 1 aromatic carbocycles. The summed E-state index contributed by atoms with van der Waals surface area (Å²) in [5.41, 5.74) is 1.81. The van der Waals surface area contributed by atoms with Crippen LogP contribution >= 0.6 is 0 Å². The minimum Gasteiger partial charge on any atom is -0.316 e. The average molecular weight is 274 g/mol. The Morgan fingerprint density at radius 2 is 2.00 bits per heavy atom. The van der Waals surface area contributed by atoms with Gasteiger partial charge in [0.1, 0.15) is 0 Å². The molecule has 1 saturated heterocycles. The summed E-state index contributed by atoms with van der Waals surface area (Å²) in [6.07, 6.45) is 2.71. The first kappa shape index (κ1) is 15.5. The van der Waals surface area contributed by atoms with Gasteiger partial charge in [-0.1, -0.05) is 51.1 Å². The van der Waals surface area contributed by atoms with Crippen LogP contribution < -0.4 is 5.32 Å². The molecule has 1 aromatic rings. The highest BCUT2D eigenvalue weighted by Crippen LogP contribution is 2.32. The summed E-state index contributed by atoms with van der Waals surface area (Å²) in [4.78, 5) is 2.59. The van der Waals surface area contributed by atoms with E-state index in [1.807, 2.05) is 0 Å². The largest absolute Gasteiger partial charge is 0.316 e. The number of hydrogen-bond donors (Lipinski definition) is 1. The van der Waals surface area contributed by atoms with Crippen LogP contribution in [0.15, 0.2) is 30.3 Å². The molecule has 0 aliphatic carbocycles. The molecule has 20 heavy (non-hydrogen) atoms. The van der Waals surface area contributed by atoms with E-state index in [1.165, 1.54) is 38.0 Å². The predicted molar refractivity (Wildman–Crippen MR) is 86.8 cm³/mol. The Morgan fingerprint density at radius 3 is 2.60 bits per heavy atom. The number of nitrogens with one attached hydrogen (secondary N) is 1. The van der Waals surface area contributed by atoms with Gasteiger partial charge in [0.2, 0.25) is 0 Å². The summed E-state index contributed by atoms with van der Waals surface area (Å²) in [5.74, 6) is 0.807. The number of hydrogen-bond acceptors (Lipinski definition) is 2. The van der Waals surface area contributed by atoms with Crippen molar-refractivity contribution in [3.63, 3.8) is 0 Å². The van der Waals surface area contributed by atoms with Crippen molar-refractivity contribution in [3.8, 4) is 0 Å². The first-order chi connectivity index (χ1) is 9.62. The smallest absolute Gasteiger partial charge is 0.0233 e. The maximum Gasteiger partial charge on any atom is 0.0233 e. The van der Waals surface area contributed by atoms with E-state index in [0.717, 1.165) is 19.0 Å². The molecule has 0 bridgehead atoms. The summed E-state index contributed by atoms with van der Waals surface area (Å²) >= 11 is 0. The van der Waals surface area contributed by atoms with Crippen LogP contribution in [0.3, 0.4) is 0 Å². The highest BCUT2D eigenvalue weighted by Gasteiger charge is 2.31. The SMILES string of the molecule is CCN(Cc1ccccc1)CC(C)(C)C1CCCNC1. The van der Waals surface area contributed by atoms with Crippen LogP contribution in [0.2, 0.25) is 0 Å². The van der Waals surface area contributed by atoms with Crippen molar-refractivity contribution < 1.29 is 0 Å². The number of benzene rings is 1. The van der Waals surface area contributed by atoms with Gasteiger partial charge >= 0.3 is 0 Å². The van der Waals surface area contributed by atoms with E-state index in [9.17, 15) is 0 Å². The van der Waals surface area contributed by atoms with Gasteiger partial charge in [-0.2, -0.15) is 0 Å². The van der Waals surface area contributed by atoms with Crippen molar-refractivity contribution in [3.05, 3.63) is 35.9 Å². The van der Waals surface area contributed by atoms with E-state index in [0.29, 0.717) is 5.41 Å². The Balaban J connectivity index is 1.94. The molecule has 0 saturated carbocycles. The second-order valence-corrected chi connectivity index (χ2v) is 6.82. The van der Waals surface area contributed by atoms with E-state index in [1.54, 1.807) is 0 Å². The van der Waals surface area contributed by atoms with E-state index < -0.39 is 0 Å². The molecular formula is C18H30N2. The number of piperidine rings is 1. The molecule has 0 spiro atoms. The lowest BCUT2D eigenvalue weighted by atomic mass is 9.74. The van der Waals surface area contributed by atoms with Crippen LogP contribution in [0.25, 0.3) is 0 Å². The average Bonchev–Trinajstić information content (AvgIpc) is 2.48. The van der Waals surface area contributed by atoms with Gasteiger partial charge in [-0.05, 0) is 49.4 Å². The molecule has 1 N–H and O–H groups in total. The summed E-state index contributed by atoms with van der Waals surface area (Å²) < 4.78 is 0. The van der Waals surface area contributed by atoms with Crippen LogP contribution in [-0.4, -0.2) is 31.1 Å². The highest BCUT2D eigenvalue weighted by atomic mass is 15.1. The molecule has 1 atom stereocenters. The van der Waals surface area contributed by atoms with Crippen molar-refractivity contribution in [2.75, 3.05) is 26.2 Å². The summed E-state index contributed by atoms with van der Waals surface area (Å²) in [6, 6.07) is 10.8. The Kier molecular flexibility index (Phi) is 5.62. The lowest BCUT2D eigenvalue weighted by molar-refractivity contribution is 0.0993. The quantitative estimate of drug-likeness (QED) is 0.853. The lowest BCUT2D eigenvalue weighted by Gasteiger charge is -2.40. The van der Waals surface area contributed by atoms with Crippen LogP contribution in [0.5, 0.6) is 0 Å². The number of nitrogens with zero attached hydrogens (tertiary/aromatic N) is 1. The van der Waals surface area contributed by atoms with Gasteiger partial charge in [0.25, 0.3) is 0 Å². The molecule has 1 fully saturated rings. The van der Waals surface area contributed by atoms with E-state index >= 15 is 0 Å². The van der Waals surface area contributed by atoms with Crippen LogP contribution in [0.4, 0.5) is 0 Å². The van der Waals surface area contributed by atoms with Crippen LogP contribution in [-0.2, 0) is 6.54 Å². The van der Waals surface area contributed by atoms with Crippen molar-refractivity contribution in [2.45, 2.75) is 40.2 Å². The molecule has 0 radical (unpaired) electrons. The van der Waals surface area contributed by atoms with Crippen molar-refractivity contribution in [1.29, 1.82) is 0 Å². The maximum absolute atomic E-state index is 3.56. The molecule has 2 heteroatoms. The first-order valence-electron chi connectivity index (χ1n) is 8.09. The van der Waals surface area contributed by atoms with Crippen molar-refractivity contribution in [1.82, 2.24) is 10.2 Å². The zero-order valence-electron chi connectivity index (χ0n) is 13.4. The van der Waals surface area contributed by atoms with Crippen LogP contribution in [0, 0.1) is 11.3 Å². The Hall–Kier alpha value is -0.860. The fraction of sp³-hybridized carbons (Fsp3) is 0.667. The molecule has 0 amide bonds. The van der Waals surface area contributed by atoms with E-state index in [4.69, 9.17) is 0 Å². The van der Waals surface area contributed by atoms with E-state index in [-0.39, 0.29) is 0 Å². The molecule has 1 aliphatic rings. The summed E-state index contributed by atoms with van der Waals surface area (Å²) in [7, 11) is 0. The third kappa shape index (κ3) is 4.32. The Morgan fingerprint density at radius 1 is 1.25 bits per heavy atom.